The molecule has 2 rings (SSSR count). The molecule has 1 fully saturated rings. The first kappa shape index (κ1) is 15.5. The molecule has 0 amide bonds. The summed E-state index contributed by atoms with van der Waals surface area (Å²) in [6, 6.07) is 12.4. The molecule has 20 heavy (non-hydrogen) atoms. The Balaban J connectivity index is 2.09. The molecule has 3 unspecified atom stereocenters. The van der Waals surface area contributed by atoms with Crippen molar-refractivity contribution in [2.45, 2.75) is 37.9 Å². The van der Waals surface area contributed by atoms with Crippen molar-refractivity contribution in [1.82, 2.24) is 15.1 Å². The van der Waals surface area contributed by atoms with Crippen LogP contribution >= 0.6 is 0 Å². The fourth-order valence-corrected chi connectivity index (χ4v) is 3.55. The second-order valence-corrected chi connectivity index (χ2v) is 6.21. The normalized spacial score (nSPS) is 23.1. The number of benzene rings is 1. The molecule has 1 heterocycles. The lowest BCUT2D eigenvalue weighted by Crippen LogP contribution is -2.47. The second kappa shape index (κ2) is 7.21. The predicted octanol–water partition coefficient (Wildman–Crippen LogP) is 2.36. The van der Waals surface area contributed by atoms with Crippen LogP contribution in [0.4, 0.5) is 0 Å². The Hall–Kier alpha value is -0.900. The number of rotatable bonds is 6. The zero-order valence-corrected chi connectivity index (χ0v) is 13.3. The summed E-state index contributed by atoms with van der Waals surface area (Å²) >= 11 is 0. The summed E-state index contributed by atoms with van der Waals surface area (Å²) in [7, 11) is 6.42. The van der Waals surface area contributed by atoms with Crippen molar-refractivity contribution in [3.8, 4) is 0 Å². The van der Waals surface area contributed by atoms with Gasteiger partial charge in [0.15, 0.2) is 0 Å². The third kappa shape index (κ3) is 3.60. The molecular weight excluding hydrogens is 246 g/mol. The summed E-state index contributed by atoms with van der Waals surface area (Å²) in [6.45, 7) is 4.75. The first-order valence-electron chi connectivity index (χ1n) is 7.76. The number of nitrogens with zero attached hydrogens (tertiary/aromatic N) is 2. The van der Waals surface area contributed by atoms with Crippen molar-refractivity contribution < 1.29 is 0 Å². The van der Waals surface area contributed by atoms with Gasteiger partial charge in [-0.25, -0.2) is 0 Å². The third-order valence-electron chi connectivity index (χ3n) is 4.47. The van der Waals surface area contributed by atoms with E-state index in [0.29, 0.717) is 18.1 Å². The fraction of sp³-hybridized carbons (Fsp3) is 0.647. The van der Waals surface area contributed by atoms with Gasteiger partial charge in [-0.2, -0.15) is 0 Å². The minimum atomic E-state index is 0.402. The van der Waals surface area contributed by atoms with Crippen molar-refractivity contribution >= 4 is 0 Å². The van der Waals surface area contributed by atoms with Crippen molar-refractivity contribution in [2.75, 3.05) is 34.2 Å². The van der Waals surface area contributed by atoms with Crippen molar-refractivity contribution in [2.24, 2.45) is 0 Å². The molecule has 112 valence electrons. The van der Waals surface area contributed by atoms with E-state index < -0.39 is 0 Å². The first-order chi connectivity index (χ1) is 9.63. The smallest absolute Gasteiger partial charge is 0.0473 e. The van der Waals surface area contributed by atoms with E-state index in [1.54, 1.807) is 0 Å². The van der Waals surface area contributed by atoms with Gasteiger partial charge in [0.25, 0.3) is 0 Å². The van der Waals surface area contributed by atoms with Gasteiger partial charge in [-0.3, -0.25) is 4.90 Å². The first-order valence-corrected chi connectivity index (χ1v) is 7.76. The van der Waals surface area contributed by atoms with Crippen molar-refractivity contribution in [1.29, 1.82) is 0 Å². The lowest BCUT2D eigenvalue weighted by molar-refractivity contribution is 0.135. The molecule has 0 radical (unpaired) electrons. The molecule has 1 N–H and O–H groups in total. The molecule has 1 saturated heterocycles. The van der Waals surface area contributed by atoms with Crippen LogP contribution in [0, 0.1) is 0 Å². The van der Waals surface area contributed by atoms with E-state index in [4.69, 9.17) is 0 Å². The highest BCUT2D eigenvalue weighted by Gasteiger charge is 2.32. The quantitative estimate of drug-likeness (QED) is 0.860. The largest absolute Gasteiger partial charge is 0.312 e. The van der Waals surface area contributed by atoms with Crippen molar-refractivity contribution in [3.63, 3.8) is 0 Å². The number of likely N-dealkylation sites (tertiary alicyclic amines) is 1. The molecule has 1 aliphatic heterocycles. The predicted molar refractivity (Wildman–Crippen MR) is 86.0 cm³/mol. The Morgan fingerprint density at radius 1 is 1.30 bits per heavy atom. The van der Waals surface area contributed by atoms with Gasteiger partial charge in [-0.05, 0) is 53.0 Å². The van der Waals surface area contributed by atoms with Gasteiger partial charge in [-0.1, -0.05) is 30.3 Å². The van der Waals surface area contributed by atoms with E-state index in [1.165, 1.54) is 24.9 Å². The average Bonchev–Trinajstić information content (AvgIpc) is 2.88. The van der Waals surface area contributed by atoms with Gasteiger partial charge in [0.05, 0.1) is 0 Å². The molecule has 1 aromatic rings. The van der Waals surface area contributed by atoms with Gasteiger partial charge in [-0.15, -0.1) is 0 Å². The fourth-order valence-electron chi connectivity index (χ4n) is 3.55. The monoisotopic (exact) mass is 275 g/mol. The highest BCUT2D eigenvalue weighted by Crippen LogP contribution is 2.27. The molecule has 1 aromatic carbocycles. The molecule has 0 saturated carbocycles. The molecule has 0 aliphatic carbocycles. The number of hydrogen-bond acceptors (Lipinski definition) is 3. The highest BCUT2D eigenvalue weighted by atomic mass is 15.3. The Morgan fingerprint density at radius 3 is 2.60 bits per heavy atom. The van der Waals surface area contributed by atoms with E-state index in [-0.39, 0.29) is 0 Å². The highest BCUT2D eigenvalue weighted by molar-refractivity contribution is 5.20. The summed E-state index contributed by atoms with van der Waals surface area (Å²) in [4.78, 5) is 5.00. The third-order valence-corrected chi connectivity index (χ3v) is 4.47. The van der Waals surface area contributed by atoms with E-state index in [1.807, 2.05) is 0 Å². The van der Waals surface area contributed by atoms with E-state index in [2.05, 4.69) is 73.5 Å². The molecule has 1 aliphatic rings. The average molecular weight is 275 g/mol. The van der Waals surface area contributed by atoms with Crippen LogP contribution < -0.4 is 5.32 Å². The number of hydrogen-bond donors (Lipinski definition) is 1. The zero-order valence-electron chi connectivity index (χ0n) is 13.3. The van der Waals surface area contributed by atoms with Crippen LogP contribution in [0.5, 0.6) is 0 Å². The molecule has 0 bridgehead atoms. The summed E-state index contributed by atoms with van der Waals surface area (Å²) in [5.41, 5.74) is 1.39. The Labute approximate surface area is 124 Å². The topological polar surface area (TPSA) is 18.5 Å². The van der Waals surface area contributed by atoms with Gasteiger partial charge < -0.3 is 10.2 Å². The van der Waals surface area contributed by atoms with Crippen molar-refractivity contribution in [3.05, 3.63) is 35.9 Å². The van der Waals surface area contributed by atoms with E-state index in [9.17, 15) is 0 Å². The number of likely N-dealkylation sites (N-methyl/N-ethyl adjacent to an activating group) is 2. The van der Waals surface area contributed by atoms with Crippen LogP contribution in [0.15, 0.2) is 30.3 Å². The molecular formula is C17H29N3. The number of nitrogens with one attached hydrogen (secondary N) is 1. The van der Waals surface area contributed by atoms with Crippen LogP contribution in [0.1, 0.15) is 31.4 Å². The van der Waals surface area contributed by atoms with Crippen LogP contribution in [0.2, 0.25) is 0 Å². The Kier molecular flexibility index (Phi) is 5.58. The van der Waals surface area contributed by atoms with Crippen LogP contribution in [0.25, 0.3) is 0 Å². The summed E-state index contributed by atoms with van der Waals surface area (Å²) in [5.74, 6) is 0. The standard InChI is InChI=1S/C17H29N3/c1-14(17(18-2)15-9-6-5-7-10-15)20-12-8-11-16(20)13-19(3)4/h5-7,9-10,14,16-18H,8,11-13H2,1-4H3. The lowest BCUT2D eigenvalue weighted by atomic mass is 9.98. The van der Waals surface area contributed by atoms with Gasteiger partial charge in [0.1, 0.15) is 0 Å². The van der Waals surface area contributed by atoms with E-state index >= 15 is 0 Å². The molecule has 0 spiro atoms. The van der Waals surface area contributed by atoms with Crippen LogP contribution in [-0.4, -0.2) is 56.1 Å². The van der Waals surface area contributed by atoms with Crippen LogP contribution in [0.3, 0.4) is 0 Å². The second-order valence-electron chi connectivity index (χ2n) is 6.21. The summed E-state index contributed by atoms with van der Waals surface area (Å²) < 4.78 is 0. The van der Waals surface area contributed by atoms with Gasteiger partial charge in [0.2, 0.25) is 0 Å². The maximum absolute atomic E-state index is 3.51. The SMILES string of the molecule is CNC(c1ccccc1)C(C)N1CCCC1CN(C)C. The van der Waals surface area contributed by atoms with Crippen LogP contribution in [-0.2, 0) is 0 Å². The summed E-state index contributed by atoms with van der Waals surface area (Å²) in [5, 5.41) is 3.51. The molecule has 3 atom stereocenters. The maximum Gasteiger partial charge on any atom is 0.0473 e. The Bertz CT molecular complexity index is 390. The zero-order chi connectivity index (χ0) is 14.5. The molecule has 3 nitrogen and oxygen atoms in total. The summed E-state index contributed by atoms with van der Waals surface area (Å²) in [6.07, 6.45) is 2.65. The molecule has 0 aromatic heterocycles. The molecule has 3 heteroatoms. The van der Waals surface area contributed by atoms with Gasteiger partial charge >= 0.3 is 0 Å². The van der Waals surface area contributed by atoms with E-state index in [0.717, 1.165) is 6.54 Å². The minimum absolute atomic E-state index is 0.402. The van der Waals surface area contributed by atoms with Gasteiger partial charge in [0, 0.05) is 24.7 Å². The Morgan fingerprint density at radius 2 is 2.00 bits per heavy atom. The minimum Gasteiger partial charge on any atom is -0.312 e. The lowest BCUT2D eigenvalue weighted by Gasteiger charge is -2.37. The maximum atomic E-state index is 3.51.